The van der Waals surface area contributed by atoms with E-state index in [0.717, 1.165) is 30.7 Å². The monoisotopic (exact) mass is 454 g/mol. The maximum absolute atomic E-state index is 8.73. The number of quaternary nitrogens is 1. The summed E-state index contributed by atoms with van der Waals surface area (Å²) in [6.07, 6.45) is 7.76. The third-order valence-corrected chi connectivity index (χ3v) is 2.07. The molecule has 0 aromatic carbocycles. The van der Waals surface area contributed by atoms with E-state index in [2.05, 4.69) is 26.3 Å². The van der Waals surface area contributed by atoms with E-state index in [0.29, 0.717) is 0 Å². The standard InChI is InChI=1S/C12H20N.CH2Cl2.HIO4/c1-5-9-13(10-6-2,11-7-3)12-8-4;2-1-3;2-1(3,4)5/h5-8H,1-4,9-12H2;1H2;2H/q+1;;. The zero-order valence-corrected chi connectivity index (χ0v) is 15.6. The largest absolute Gasteiger partial charge is 0.368 e. The third kappa shape index (κ3) is 25.4. The fraction of sp³-hybridized carbons (Fsp3) is 0.385. The molecule has 0 aromatic heterocycles. The average Bonchev–Trinajstić information content (AvgIpc) is 2.29. The van der Waals surface area contributed by atoms with Crippen LogP contribution in [0, 0.1) is 0 Å². The highest BCUT2D eigenvalue weighted by molar-refractivity contribution is 6.40. The summed E-state index contributed by atoms with van der Waals surface area (Å²) in [5.74, 6) is 0. The molecular weight excluding hydrogens is 432 g/mol. The van der Waals surface area contributed by atoms with Crippen molar-refractivity contribution in [2.45, 2.75) is 0 Å². The Balaban J connectivity index is -0.000000335. The van der Waals surface area contributed by atoms with Crippen LogP contribution in [-0.4, -0.2) is 39.4 Å². The van der Waals surface area contributed by atoms with Crippen LogP contribution in [0.2, 0.25) is 0 Å². The maximum atomic E-state index is 8.73. The van der Waals surface area contributed by atoms with Gasteiger partial charge in [-0.1, -0.05) is 26.3 Å². The van der Waals surface area contributed by atoms with Crippen molar-refractivity contribution in [2.75, 3.05) is 31.5 Å². The molecule has 0 atom stereocenters. The molecule has 0 amide bonds. The topological polar surface area (TPSA) is 89.4 Å². The van der Waals surface area contributed by atoms with Crippen molar-refractivity contribution in [3.63, 3.8) is 0 Å². The normalized spacial score (nSPS) is 10.2. The summed E-state index contributed by atoms with van der Waals surface area (Å²) >= 11 is 3.84. The zero-order chi connectivity index (χ0) is 17.4. The van der Waals surface area contributed by atoms with Gasteiger partial charge in [-0.25, -0.2) is 0 Å². The molecule has 0 unspecified atom stereocenters. The van der Waals surface area contributed by atoms with E-state index in [-0.39, 0.29) is 5.34 Å². The summed E-state index contributed by atoms with van der Waals surface area (Å²) in [4.78, 5) is 0. The summed E-state index contributed by atoms with van der Waals surface area (Å²) in [5, 5.41) is 0.194. The van der Waals surface area contributed by atoms with Gasteiger partial charge in [0.1, 0.15) is 0 Å². The fourth-order valence-electron chi connectivity index (χ4n) is 1.54. The average molecular weight is 455 g/mol. The van der Waals surface area contributed by atoms with Crippen LogP contribution in [0.4, 0.5) is 0 Å². The molecule has 0 aliphatic carbocycles. The Morgan fingerprint density at radius 3 is 1.05 bits per heavy atom. The highest BCUT2D eigenvalue weighted by atomic mass is 127. The lowest BCUT2D eigenvalue weighted by atomic mass is 10.3. The Labute approximate surface area is 143 Å². The molecule has 0 heterocycles. The van der Waals surface area contributed by atoms with Crippen LogP contribution >= 0.6 is 23.2 Å². The van der Waals surface area contributed by atoms with Crippen LogP contribution in [-0.2, 0) is 0 Å². The number of halogens is 3. The minimum Gasteiger partial charge on any atom is -0.311 e. The number of rotatable bonds is 8. The van der Waals surface area contributed by atoms with Crippen molar-refractivity contribution in [1.82, 2.24) is 0 Å². The summed E-state index contributed by atoms with van der Waals surface area (Å²) in [6, 6.07) is 0. The van der Waals surface area contributed by atoms with Crippen molar-refractivity contribution in [2.24, 2.45) is 0 Å². The predicted octanol–water partition coefficient (Wildman–Crippen LogP) is -3.15. The molecule has 124 valence electrons. The molecule has 0 fully saturated rings. The molecule has 0 aromatic rings. The van der Waals surface area contributed by atoms with Crippen LogP contribution < -0.4 is 30.4 Å². The van der Waals surface area contributed by atoms with E-state index in [1.165, 1.54) is 0 Å². The van der Waals surface area contributed by atoms with Crippen molar-refractivity contribution in [3.05, 3.63) is 50.6 Å². The van der Waals surface area contributed by atoms with Gasteiger partial charge in [0.15, 0.2) is 0 Å². The number of hydrogen-bond donors (Lipinski definition) is 1. The Hall–Kier alpha value is 0.0700. The molecular formula is C13H23Cl2INO4+. The molecule has 0 saturated carbocycles. The third-order valence-electron chi connectivity index (χ3n) is 2.07. The second-order valence-corrected chi connectivity index (χ2v) is 6.79. The van der Waals surface area contributed by atoms with Gasteiger partial charge in [-0.15, -0.1) is 23.2 Å². The molecule has 1 N–H and O–H groups in total. The molecule has 0 bridgehead atoms. The van der Waals surface area contributed by atoms with Gasteiger partial charge in [-0.3, -0.25) is 10.3 Å². The van der Waals surface area contributed by atoms with Gasteiger partial charge in [0.25, 0.3) is 0 Å². The number of nitrogens with zero attached hydrogens (tertiary/aromatic N) is 1. The van der Waals surface area contributed by atoms with Crippen molar-refractivity contribution < 1.29 is 38.3 Å². The Morgan fingerprint density at radius 1 is 0.810 bits per heavy atom. The second-order valence-electron chi connectivity index (χ2n) is 3.72. The van der Waals surface area contributed by atoms with Crippen LogP contribution in [0.1, 0.15) is 0 Å². The van der Waals surface area contributed by atoms with Gasteiger partial charge in [-0.05, 0) is 24.3 Å². The first kappa shape index (κ1) is 26.0. The summed E-state index contributed by atoms with van der Waals surface area (Å²) < 4.78 is 34.1. The molecule has 0 spiro atoms. The first-order valence-electron chi connectivity index (χ1n) is 5.70. The predicted molar refractivity (Wildman–Crippen MR) is 79.3 cm³/mol. The highest BCUT2D eigenvalue weighted by Gasteiger charge is 2.20. The molecule has 0 aliphatic heterocycles. The lowest BCUT2D eigenvalue weighted by Crippen LogP contribution is -4.23. The number of hydrogen-bond acceptors (Lipinski definition) is 4. The Bertz CT molecular complexity index is 245. The van der Waals surface area contributed by atoms with Gasteiger partial charge in [0, 0.05) is 3.44 Å². The maximum Gasteiger partial charge on any atom is 0.368 e. The first-order chi connectivity index (χ1) is 9.66. The highest BCUT2D eigenvalue weighted by Crippen LogP contribution is 2.07. The van der Waals surface area contributed by atoms with Gasteiger partial charge in [0.05, 0.1) is 31.5 Å². The summed E-state index contributed by atoms with van der Waals surface area (Å²) in [5.41, 5.74) is 0. The van der Waals surface area contributed by atoms with E-state index >= 15 is 0 Å². The molecule has 0 radical (unpaired) electrons. The molecule has 0 aliphatic rings. The molecule has 8 heteroatoms. The van der Waals surface area contributed by atoms with Crippen molar-refractivity contribution >= 4 is 23.2 Å². The van der Waals surface area contributed by atoms with E-state index < -0.39 is 20.1 Å². The Kier molecular flexibility index (Phi) is 20.3. The number of alkyl halides is 2. The van der Waals surface area contributed by atoms with Crippen LogP contribution in [0.5, 0.6) is 0 Å². The van der Waals surface area contributed by atoms with Crippen molar-refractivity contribution in [1.29, 1.82) is 0 Å². The van der Waals surface area contributed by atoms with Crippen LogP contribution in [0.25, 0.3) is 0 Å². The van der Waals surface area contributed by atoms with Gasteiger partial charge >= 0.3 is 20.1 Å². The quantitative estimate of drug-likeness (QED) is 0.181. The minimum atomic E-state index is -5.69. The molecule has 0 saturated heterocycles. The van der Waals surface area contributed by atoms with Crippen LogP contribution in [0.15, 0.2) is 50.6 Å². The van der Waals surface area contributed by atoms with E-state index in [4.69, 9.17) is 36.9 Å². The molecule has 21 heavy (non-hydrogen) atoms. The van der Waals surface area contributed by atoms with E-state index in [9.17, 15) is 0 Å². The van der Waals surface area contributed by atoms with E-state index in [1.807, 2.05) is 24.3 Å². The fourth-order valence-corrected chi connectivity index (χ4v) is 1.54. The molecule has 0 rings (SSSR count). The molecule has 5 nitrogen and oxygen atoms in total. The summed E-state index contributed by atoms with van der Waals surface area (Å²) in [7, 11) is 0. The summed E-state index contributed by atoms with van der Waals surface area (Å²) in [6.45, 7) is 18.8. The van der Waals surface area contributed by atoms with E-state index in [1.54, 1.807) is 0 Å². The lowest BCUT2D eigenvalue weighted by molar-refractivity contribution is -1.92. The van der Waals surface area contributed by atoms with Crippen LogP contribution in [0.3, 0.4) is 0 Å². The zero-order valence-electron chi connectivity index (χ0n) is 11.9. The second kappa shape index (κ2) is 16.4. The van der Waals surface area contributed by atoms with Gasteiger partial charge in [0.2, 0.25) is 0 Å². The lowest BCUT2D eigenvalue weighted by Gasteiger charge is -2.35. The Morgan fingerprint density at radius 2 is 0.952 bits per heavy atom. The van der Waals surface area contributed by atoms with Gasteiger partial charge in [-0.2, -0.15) is 0 Å². The van der Waals surface area contributed by atoms with Gasteiger partial charge < -0.3 is 4.48 Å². The smallest absolute Gasteiger partial charge is 0.311 e. The van der Waals surface area contributed by atoms with Crippen molar-refractivity contribution in [3.8, 4) is 0 Å². The SMILES string of the molecule is C=CC[N+](CC=C)(CC=C)CC=C.ClCCl.[O-][I+3]([O-])([O-])O. The minimum absolute atomic E-state index is 0.194. The first-order valence-corrected chi connectivity index (χ1v) is 10.4.